The van der Waals surface area contributed by atoms with Crippen molar-refractivity contribution in [2.45, 2.75) is 19.4 Å². The topological polar surface area (TPSA) is 80.2 Å². The van der Waals surface area contributed by atoms with Crippen molar-refractivity contribution in [1.82, 2.24) is 20.6 Å². The third kappa shape index (κ3) is 4.29. The fraction of sp³-hybridized carbons (Fsp3) is 0.250. The molecule has 0 aliphatic carbocycles. The lowest BCUT2D eigenvalue weighted by Gasteiger charge is -2.23. The summed E-state index contributed by atoms with van der Waals surface area (Å²) >= 11 is 12.0. The number of nitrogens with two attached hydrogens (primary N) is 1. The number of hydrogen-bond donors (Lipinski definition) is 2. The first-order chi connectivity index (χ1) is 11.6. The van der Waals surface area contributed by atoms with E-state index in [1.807, 2.05) is 24.3 Å². The van der Waals surface area contributed by atoms with Crippen LogP contribution in [-0.4, -0.2) is 21.7 Å². The summed E-state index contributed by atoms with van der Waals surface area (Å²) < 4.78 is 5.28. The van der Waals surface area contributed by atoms with E-state index in [0.29, 0.717) is 36.3 Å². The fourth-order valence-corrected chi connectivity index (χ4v) is 2.62. The molecule has 6 nitrogen and oxygen atoms in total. The maximum Gasteiger partial charge on any atom is 0.248 e. The molecule has 8 heteroatoms. The first kappa shape index (κ1) is 16.8. The summed E-state index contributed by atoms with van der Waals surface area (Å²) in [5.74, 6) is 1.18. The van der Waals surface area contributed by atoms with Crippen LogP contribution in [-0.2, 0) is 19.4 Å². The lowest BCUT2D eigenvalue weighted by Crippen LogP contribution is -2.32. The maximum atomic E-state index is 6.13. The summed E-state index contributed by atoms with van der Waals surface area (Å²) in [6.45, 7) is 0.796. The third-order valence-electron chi connectivity index (χ3n) is 3.57. The molecule has 2 aromatic rings. The molecule has 0 radical (unpaired) electrons. The molecule has 24 heavy (non-hydrogen) atoms. The van der Waals surface area contributed by atoms with E-state index >= 15 is 0 Å². The van der Waals surface area contributed by atoms with Crippen LogP contribution >= 0.6 is 23.2 Å². The molecule has 126 valence electrons. The Bertz CT molecular complexity index is 754. The summed E-state index contributed by atoms with van der Waals surface area (Å²) in [5, 5.41) is 7.10. The van der Waals surface area contributed by atoms with Gasteiger partial charge in [0.1, 0.15) is 6.54 Å². The van der Waals surface area contributed by atoms with E-state index < -0.39 is 0 Å². The van der Waals surface area contributed by atoms with E-state index in [-0.39, 0.29) is 0 Å². The van der Waals surface area contributed by atoms with Gasteiger partial charge in [0.05, 0.1) is 5.03 Å². The fourth-order valence-electron chi connectivity index (χ4n) is 2.24. The first-order valence-corrected chi connectivity index (χ1v) is 8.25. The Balaban J connectivity index is 1.54. The summed E-state index contributed by atoms with van der Waals surface area (Å²) in [6, 6.07) is 7.74. The average Bonchev–Trinajstić information content (AvgIpc) is 3.02. The van der Waals surface area contributed by atoms with Gasteiger partial charge in [0.2, 0.25) is 5.89 Å². The molecular weight excluding hydrogens is 349 g/mol. The standard InChI is InChI=1S/C16H17Cl2N5O/c17-13-4-1-11(2-5-13)3-6-15-21-16(24-22-15)10-23-9-14(18)12(7-19)8-20-23/h1-2,4-5,8-9,20H,3,6-7,10,19H2. The first-order valence-electron chi connectivity index (χ1n) is 7.49. The molecule has 2 heterocycles. The number of nitrogens with one attached hydrogen (secondary N) is 1. The second kappa shape index (κ2) is 7.70. The minimum Gasteiger partial charge on any atom is -0.337 e. The zero-order chi connectivity index (χ0) is 16.9. The molecule has 1 aromatic heterocycles. The highest BCUT2D eigenvalue weighted by atomic mass is 35.5. The minimum atomic E-state index is 0.381. The van der Waals surface area contributed by atoms with Crippen LogP contribution in [0.1, 0.15) is 17.3 Å². The Morgan fingerprint density at radius 2 is 1.96 bits per heavy atom. The molecule has 0 unspecified atom stereocenters. The van der Waals surface area contributed by atoms with E-state index in [1.165, 1.54) is 5.56 Å². The predicted molar refractivity (Wildman–Crippen MR) is 92.9 cm³/mol. The van der Waals surface area contributed by atoms with Gasteiger partial charge in [0, 0.05) is 36.0 Å². The monoisotopic (exact) mass is 365 g/mol. The largest absolute Gasteiger partial charge is 0.337 e. The molecule has 3 N–H and O–H groups in total. The molecule has 0 spiro atoms. The highest BCUT2D eigenvalue weighted by Crippen LogP contribution is 2.18. The second-order valence-electron chi connectivity index (χ2n) is 5.34. The van der Waals surface area contributed by atoms with Gasteiger partial charge in [0.15, 0.2) is 5.82 Å². The zero-order valence-electron chi connectivity index (χ0n) is 12.9. The highest BCUT2D eigenvalue weighted by Gasteiger charge is 2.14. The lowest BCUT2D eigenvalue weighted by molar-refractivity contribution is 0.250. The Hall–Kier alpha value is -2.02. The van der Waals surface area contributed by atoms with Crippen molar-refractivity contribution in [3.63, 3.8) is 0 Å². The van der Waals surface area contributed by atoms with Gasteiger partial charge in [-0.05, 0) is 24.1 Å². The van der Waals surface area contributed by atoms with Crippen molar-refractivity contribution in [2.75, 3.05) is 6.54 Å². The normalized spacial score (nSPS) is 14.2. The molecular formula is C16H17Cl2N5O. The van der Waals surface area contributed by atoms with Crippen LogP contribution in [0.5, 0.6) is 0 Å². The molecule has 3 rings (SSSR count). The second-order valence-corrected chi connectivity index (χ2v) is 6.18. The molecule has 1 aliphatic heterocycles. The van der Waals surface area contributed by atoms with Crippen LogP contribution in [0.4, 0.5) is 0 Å². The summed E-state index contributed by atoms with van der Waals surface area (Å²) in [5.41, 5.74) is 10.7. The SMILES string of the molecule is NCC1=CNN(Cc2nc(CCc3ccc(Cl)cc3)no2)C=C1Cl. The van der Waals surface area contributed by atoms with E-state index in [1.54, 1.807) is 17.4 Å². The van der Waals surface area contributed by atoms with E-state index in [9.17, 15) is 0 Å². The van der Waals surface area contributed by atoms with Crippen LogP contribution in [0.25, 0.3) is 0 Å². The smallest absolute Gasteiger partial charge is 0.248 e. The molecule has 0 saturated heterocycles. The molecule has 0 saturated carbocycles. The Labute approximate surface area is 149 Å². The van der Waals surface area contributed by atoms with Gasteiger partial charge >= 0.3 is 0 Å². The summed E-state index contributed by atoms with van der Waals surface area (Å²) in [4.78, 5) is 4.40. The number of hydrogen-bond acceptors (Lipinski definition) is 6. The van der Waals surface area contributed by atoms with E-state index in [0.717, 1.165) is 17.0 Å². The van der Waals surface area contributed by atoms with Gasteiger partial charge in [0.25, 0.3) is 0 Å². The Kier molecular flexibility index (Phi) is 5.40. The van der Waals surface area contributed by atoms with Crippen molar-refractivity contribution in [1.29, 1.82) is 0 Å². The van der Waals surface area contributed by atoms with Crippen molar-refractivity contribution in [2.24, 2.45) is 5.73 Å². The average molecular weight is 366 g/mol. The number of benzene rings is 1. The number of aromatic nitrogens is 2. The summed E-state index contributed by atoms with van der Waals surface area (Å²) in [6.07, 6.45) is 5.04. The van der Waals surface area contributed by atoms with Gasteiger partial charge in [-0.25, -0.2) is 0 Å². The molecule has 0 bridgehead atoms. The molecule has 1 aliphatic rings. The van der Waals surface area contributed by atoms with Crippen molar-refractivity contribution >= 4 is 23.2 Å². The lowest BCUT2D eigenvalue weighted by atomic mass is 10.1. The van der Waals surface area contributed by atoms with Crippen molar-refractivity contribution < 1.29 is 4.52 Å². The van der Waals surface area contributed by atoms with Crippen LogP contribution in [0.15, 0.2) is 51.8 Å². The highest BCUT2D eigenvalue weighted by molar-refractivity contribution is 6.32. The van der Waals surface area contributed by atoms with Crippen LogP contribution in [0.2, 0.25) is 5.02 Å². The van der Waals surface area contributed by atoms with Crippen molar-refractivity contribution in [3.05, 3.63) is 69.6 Å². The number of halogens is 2. The van der Waals surface area contributed by atoms with Gasteiger partial charge in [-0.3, -0.25) is 5.01 Å². The van der Waals surface area contributed by atoms with Gasteiger partial charge in [-0.1, -0.05) is 40.5 Å². The zero-order valence-corrected chi connectivity index (χ0v) is 14.4. The van der Waals surface area contributed by atoms with Crippen LogP contribution in [0.3, 0.4) is 0 Å². The quantitative estimate of drug-likeness (QED) is 0.818. The van der Waals surface area contributed by atoms with Crippen LogP contribution in [0, 0.1) is 0 Å². The Morgan fingerprint density at radius 1 is 1.17 bits per heavy atom. The van der Waals surface area contributed by atoms with Crippen LogP contribution < -0.4 is 11.2 Å². The van der Waals surface area contributed by atoms with E-state index in [4.69, 9.17) is 33.5 Å². The summed E-state index contributed by atoms with van der Waals surface area (Å²) in [7, 11) is 0. The maximum absolute atomic E-state index is 6.13. The molecule has 0 fully saturated rings. The number of aryl methyl sites for hydroxylation is 2. The number of hydrazine groups is 1. The molecule has 0 amide bonds. The Morgan fingerprint density at radius 3 is 2.67 bits per heavy atom. The number of nitrogens with zero attached hydrogens (tertiary/aromatic N) is 3. The minimum absolute atomic E-state index is 0.381. The van der Waals surface area contributed by atoms with Gasteiger partial charge in [-0.2, -0.15) is 4.98 Å². The third-order valence-corrected chi connectivity index (χ3v) is 4.16. The number of rotatable bonds is 6. The predicted octanol–water partition coefficient (Wildman–Crippen LogP) is 2.75. The van der Waals surface area contributed by atoms with Crippen molar-refractivity contribution in [3.8, 4) is 0 Å². The molecule has 1 aromatic carbocycles. The van der Waals surface area contributed by atoms with Gasteiger partial charge in [-0.15, -0.1) is 0 Å². The molecule has 0 atom stereocenters. The van der Waals surface area contributed by atoms with Gasteiger partial charge < -0.3 is 15.7 Å². The van der Waals surface area contributed by atoms with E-state index in [2.05, 4.69) is 15.6 Å².